The molecule has 0 unspecified atom stereocenters. The van der Waals surface area contributed by atoms with Gasteiger partial charge in [0.15, 0.2) is 11.4 Å². The zero-order valence-electron chi connectivity index (χ0n) is 21.4. The zero-order valence-corrected chi connectivity index (χ0v) is 18.4. The molecular weight excluding hydrogens is 454 g/mol. The van der Waals surface area contributed by atoms with Crippen molar-refractivity contribution in [2.75, 3.05) is 19.5 Å². The van der Waals surface area contributed by atoms with Crippen LogP contribution in [0, 0.1) is 17.0 Å². The molecule has 2 aromatic carbocycles. The van der Waals surface area contributed by atoms with Crippen molar-refractivity contribution < 1.29 is 23.2 Å². The summed E-state index contributed by atoms with van der Waals surface area (Å²) in [5.41, 5.74) is 1.55. The predicted molar refractivity (Wildman–Crippen MR) is 127 cm³/mol. The van der Waals surface area contributed by atoms with Crippen LogP contribution in [-0.2, 0) is 0 Å². The SMILES string of the molecule is [2H]C([2H])([2H])Oc1cc(Oc2ccn3ncnc3c2)c(C)cc1Nc1ncnc2cc(OC)c([N+](=O)[O-])cc12. The van der Waals surface area contributed by atoms with Crippen LogP contribution in [0.15, 0.2) is 55.2 Å². The molecule has 35 heavy (non-hydrogen) atoms. The first-order valence-corrected chi connectivity index (χ1v) is 10.2. The number of rotatable bonds is 7. The molecule has 0 amide bonds. The minimum atomic E-state index is -2.77. The number of nitro benzene ring substituents is 1. The van der Waals surface area contributed by atoms with Crippen molar-refractivity contribution in [2.45, 2.75) is 6.92 Å². The number of methoxy groups -OCH3 is 2. The van der Waals surface area contributed by atoms with Gasteiger partial charge in [0, 0.05) is 30.5 Å². The van der Waals surface area contributed by atoms with E-state index in [4.69, 9.17) is 18.3 Å². The van der Waals surface area contributed by atoms with E-state index in [0.29, 0.717) is 33.6 Å². The Morgan fingerprint density at radius 1 is 1.06 bits per heavy atom. The molecule has 0 aliphatic carbocycles. The van der Waals surface area contributed by atoms with Crippen molar-refractivity contribution in [2.24, 2.45) is 0 Å². The van der Waals surface area contributed by atoms with Gasteiger partial charge >= 0.3 is 5.69 Å². The lowest BCUT2D eigenvalue weighted by atomic mass is 10.1. The number of anilines is 2. The van der Waals surface area contributed by atoms with Gasteiger partial charge in [0.1, 0.15) is 35.7 Å². The fraction of sp³-hybridized carbons (Fsp3) is 0.130. The highest BCUT2D eigenvalue weighted by Gasteiger charge is 2.19. The van der Waals surface area contributed by atoms with Gasteiger partial charge in [0.2, 0.25) is 0 Å². The Morgan fingerprint density at radius 3 is 2.74 bits per heavy atom. The van der Waals surface area contributed by atoms with Gasteiger partial charge in [-0.15, -0.1) is 0 Å². The van der Waals surface area contributed by atoms with Gasteiger partial charge in [-0.3, -0.25) is 10.1 Å². The first-order valence-electron chi connectivity index (χ1n) is 11.7. The number of hydrogen-bond acceptors (Lipinski definition) is 10. The van der Waals surface area contributed by atoms with Crippen LogP contribution in [0.4, 0.5) is 17.2 Å². The third kappa shape index (κ3) is 4.08. The van der Waals surface area contributed by atoms with Crippen LogP contribution in [0.5, 0.6) is 23.0 Å². The van der Waals surface area contributed by atoms with E-state index in [9.17, 15) is 10.1 Å². The Labute approximate surface area is 202 Å². The normalized spacial score (nSPS) is 12.6. The lowest BCUT2D eigenvalue weighted by Gasteiger charge is -2.16. The van der Waals surface area contributed by atoms with Gasteiger partial charge < -0.3 is 19.5 Å². The second-order valence-electron chi connectivity index (χ2n) is 7.39. The zero-order chi connectivity index (χ0) is 27.0. The lowest BCUT2D eigenvalue weighted by molar-refractivity contribution is -0.385. The van der Waals surface area contributed by atoms with E-state index < -0.39 is 12.0 Å². The largest absolute Gasteiger partial charge is 0.494 e. The van der Waals surface area contributed by atoms with Gasteiger partial charge in [0.25, 0.3) is 0 Å². The highest BCUT2D eigenvalue weighted by atomic mass is 16.6. The number of nitrogens with zero attached hydrogens (tertiary/aromatic N) is 6. The quantitative estimate of drug-likeness (QED) is 0.265. The summed E-state index contributed by atoms with van der Waals surface area (Å²) in [4.78, 5) is 23.5. The molecular formula is C23H19N7O5. The highest BCUT2D eigenvalue weighted by Crippen LogP contribution is 2.39. The van der Waals surface area contributed by atoms with Gasteiger partial charge in [-0.2, -0.15) is 5.10 Å². The van der Waals surface area contributed by atoms with Gasteiger partial charge in [0.05, 0.1) is 39.8 Å². The molecule has 0 saturated heterocycles. The van der Waals surface area contributed by atoms with Crippen molar-refractivity contribution in [3.8, 4) is 23.0 Å². The van der Waals surface area contributed by atoms with E-state index in [1.165, 1.54) is 38.0 Å². The smallest absolute Gasteiger partial charge is 0.311 e. The van der Waals surface area contributed by atoms with E-state index in [2.05, 4.69) is 25.4 Å². The Morgan fingerprint density at radius 2 is 1.94 bits per heavy atom. The summed E-state index contributed by atoms with van der Waals surface area (Å²) in [5.74, 6) is 0.981. The molecule has 0 aliphatic heterocycles. The Kier molecular flexibility index (Phi) is 4.60. The maximum atomic E-state index is 11.6. The van der Waals surface area contributed by atoms with E-state index in [-0.39, 0.29) is 28.7 Å². The molecule has 0 saturated carbocycles. The van der Waals surface area contributed by atoms with Crippen LogP contribution >= 0.6 is 0 Å². The first-order chi connectivity index (χ1) is 18.1. The van der Waals surface area contributed by atoms with Crippen LogP contribution in [0.1, 0.15) is 9.68 Å². The Bertz CT molecular complexity index is 1690. The van der Waals surface area contributed by atoms with Crippen molar-refractivity contribution >= 4 is 33.7 Å². The fourth-order valence-electron chi connectivity index (χ4n) is 3.55. The van der Waals surface area contributed by atoms with Gasteiger partial charge in [-0.05, 0) is 24.6 Å². The first kappa shape index (κ1) is 18.4. The molecule has 0 spiro atoms. The minimum absolute atomic E-state index is 0.0419. The van der Waals surface area contributed by atoms with E-state index >= 15 is 0 Å². The predicted octanol–water partition coefficient (Wildman–Crippen LogP) is 4.44. The lowest BCUT2D eigenvalue weighted by Crippen LogP contribution is -2.01. The van der Waals surface area contributed by atoms with Crippen molar-refractivity contribution in [1.82, 2.24) is 24.6 Å². The molecule has 5 aromatic rings. The molecule has 12 nitrogen and oxygen atoms in total. The van der Waals surface area contributed by atoms with Crippen LogP contribution in [0.2, 0.25) is 0 Å². The summed E-state index contributed by atoms with van der Waals surface area (Å²) in [7, 11) is -1.45. The van der Waals surface area contributed by atoms with Crippen molar-refractivity contribution in [3.63, 3.8) is 0 Å². The Balaban J connectivity index is 1.56. The number of aryl methyl sites for hydroxylation is 1. The van der Waals surface area contributed by atoms with Crippen LogP contribution in [-0.4, -0.2) is 43.6 Å². The molecule has 3 heterocycles. The second kappa shape index (κ2) is 8.74. The number of pyridine rings is 1. The number of ether oxygens (including phenoxy) is 3. The molecule has 0 bridgehead atoms. The third-order valence-corrected chi connectivity index (χ3v) is 5.25. The van der Waals surface area contributed by atoms with Crippen molar-refractivity contribution in [3.05, 3.63) is 70.9 Å². The molecule has 1 N–H and O–H groups in total. The van der Waals surface area contributed by atoms with E-state index in [0.717, 1.165) is 0 Å². The molecule has 5 rings (SSSR count). The summed E-state index contributed by atoms with van der Waals surface area (Å²) in [6.45, 7) is 1.77. The van der Waals surface area contributed by atoms with Crippen molar-refractivity contribution in [1.29, 1.82) is 0 Å². The summed E-state index contributed by atoms with van der Waals surface area (Å²) in [5, 5.41) is 18.9. The molecule has 0 atom stereocenters. The van der Waals surface area contributed by atoms with Crippen LogP contribution in [0.3, 0.4) is 0 Å². The molecule has 176 valence electrons. The average molecular weight is 476 g/mol. The number of hydrogen-bond donors (Lipinski definition) is 1. The van der Waals surface area contributed by atoms with Crippen LogP contribution < -0.4 is 19.5 Å². The molecule has 0 aliphatic rings. The minimum Gasteiger partial charge on any atom is -0.494 e. The van der Waals surface area contributed by atoms with Gasteiger partial charge in [-0.1, -0.05) is 0 Å². The number of aromatic nitrogens is 5. The maximum absolute atomic E-state index is 11.6. The standard InChI is InChI=1S/C23H19N7O5/c1-13-6-17(20(33-2)10-19(13)35-14-4-5-29-22(7-14)25-12-27-29)28-23-15-8-18(30(31)32)21(34-3)9-16(15)24-11-26-23/h4-12H,1-3H3,(H,24,26,28)/i2D3. The number of benzene rings is 2. The summed E-state index contributed by atoms with van der Waals surface area (Å²) >= 11 is 0. The van der Waals surface area contributed by atoms with Crippen LogP contribution in [0.25, 0.3) is 16.6 Å². The maximum Gasteiger partial charge on any atom is 0.311 e. The second-order valence-corrected chi connectivity index (χ2v) is 7.39. The fourth-order valence-corrected chi connectivity index (χ4v) is 3.55. The monoisotopic (exact) mass is 476 g/mol. The number of fused-ring (bicyclic) bond motifs is 2. The third-order valence-electron chi connectivity index (χ3n) is 5.25. The highest BCUT2D eigenvalue weighted by molar-refractivity contribution is 5.94. The summed E-state index contributed by atoms with van der Waals surface area (Å²) in [6, 6.07) is 9.13. The van der Waals surface area contributed by atoms with E-state index in [1.807, 2.05) is 0 Å². The molecule has 3 aromatic heterocycles. The van der Waals surface area contributed by atoms with E-state index in [1.54, 1.807) is 35.8 Å². The average Bonchev–Trinajstić information content (AvgIpc) is 3.33. The molecule has 0 radical (unpaired) electrons. The topological polar surface area (TPSA) is 139 Å². The number of nitro groups is 1. The summed E-state index contributed by atoms with van der Waals surface area (Å²) in [6.07, 6.45) is 4.36. The molecule has 0 fully saturated rings. The molecule has 12 heteroatoms. The summed E-state index contributed by atoms with van der Waals surface area (Å²) < 4.78 is 40.8. The number of nitrogens with one attached hydrogen (secondary N) is 1. The van der Waals surface area contributed by atoms with Gasteiger partial charge in [-0.25, -0.2) is 19.5 Å². The Hall–Kier alpha value is -5.00.